The van der Waals surface area contributed by atoms with E-state index in [1.807, 2.05) is 30.3 Å². The van der Waals surface area contributed by atoms with Crippen molar-refractivity contribution in [2.75, 3.05) is 6.61 Å². The van der Waals surface area contributed by atoms with Gasteiger partial charge < -0.3 is 10.1 Å². The Labute approximate surface area is 147 Å². The van der Waals surface area contributed by atoms with Crippen LogP contribution in [0.15, 0.2) is 54.6 Å². The molecule has 0 saturated heterocycles. The maximum atomic E-state index is 13.1. The van der Waals surface area contributed by atoms with E-state index in [4.69, 9.17) is 4.74 Å². The Kier molecular flexibility index (Phi) is 6.69. The molecule has 0 radical (unpaired) electrons. The molecule has 0 unspecified atom stereocenters. The molecular weight excluding hydrogens is 321 g/mol. The number of esters is 1. The van der Waals surface area contributed by atoms with Crippen LogP contribution in [0.5, 0.6) is 0 Å². The van der Waals surface area contributed by atoms with Crippen LogP contribution in [0.4, 0.5) is 4.39 Å². The van der Waals surface area contributed by atoms with Crippen molar-refractivity contribution >= 4 is 11.9 Å². The number of ether oxygens (including phenoxy) is 1. The molecule has 0 saturated carbocycles. The maximum Gasteiger partial charge on any atom is 0.338 e. The highest BCUT2D eigenvalue weighted by Gasteiger charge is 2.17. The summed E-state index contributed by atoms with van der Waals surface area (Å²) in [5.41, 5.74) is 1.08. The van der Waals surface area contributed by atoms with E-state index in [9.17, 15) is 14.0 Å². The molecule has 0 aliphatic heterocycles. The average Bonchev–Trinajstić information content (AvgIpc) is 2.59. The minimum Gasteiger partial charge on any atom is -0.452 e. The summed E-state index contributed by atoms with van der Waals surface area (Å²) in [6.07, 6.45) is 0.771. The second-order valence-electron chi connectivity index (χ2n) is 6.25. The molecule has 1 atom stereocenters. The zero-order chi connectivity index (χ0) is 18.2. The summed E-state index contributed by atoms with van der Waals surface area (Å²) in [6.45, 7) is 3.74. The normalized spacial score (nSPS) is 11.8. The third-order valence-corrected chi connectivity index (χ3v) is 3.64. The van der Waals surface area contributed by atoms with Crippen LogP contribution < -0.4 is 5.32 Å². The number of carbonyl (C=O) groups is 2. The fourth-order valence-corrected chi connectivity index (χ4v) is 2.50. The van der Waals surface area contributed by atoms with Gasteiger partial charge in [-0.2, -0.15) is 0 Å². The highest BCUT2D eigenvalue weighted by Crippen LogP contribution is 2.21. The van der Waals surface area contributed by atoms with E-state index in [-0.39, 0.29) is 17.5 Å². The molecule has 5 heteroatoms. The quantitative estimate of drug-likeness (QED) is 0.776. The van der Waals surface area contributed by atoms with Gasteiger partial charge in [0.25, 0.3) is 5.91 Å². The van der Waals surface area contributed by atoms with Crippen LogP contribution in [-0.4, -0.2) is 18.5 Å². The van der Waals surface area contributed by atoms with E-state index >= 15 is 0 Å². The number of halogens is 1. The van der Waals surface area contributed by atoms with Crippen LogP contribution in [0.25, 0.3) is 0 Å². The molecule has 0 aliphatic carbocycles. The largest absolute Gasteiger partial charge is 0.452 e. The van der Waals surface area contributed by atoms with Crippen LogP contribution in [0.2, 0.25) is 0 Å². The second kappa shape index (κ2) is 8.97. The molecule has 0 spiro atoms. The van der Waals surface area contributed by atoms with Gasteiger partial charge in [-0.15, -0.1) is 0 Å². The number of nitrogens with one attached hydrogen (secondary N) is 1. The molecule has 0 bridgehead atoms. The standard InChI is InChI=1S/C20H22FNO3/c1-14(2)11-18(15-7-4-3-5-8-15)22-19(23)13-25-20(24)16-9-6-10-17(21)12-16/h3-10,12,14,18H,11,13H2,1-2H3,(H,22,23)/t18-/m1/s1. The van der Waals surface area contributed by atoms with E-state index in [1.54, 1.807) is 0 Å². The summed E-state index contributed by atoms with van der Waals surface area (Å²) in [4.78, 5) is 24.0. The van der Waals surface area contributed by atoms with Gasteiger partial charge in [0, 0.05) is 0 Å². The lowest BCUT2D eigenvalue weighted by atomic mass is 9.97. The Balaban J connectivity index is 1.93. The average molecular weight is 343 g/mol. The van der Waals surface area contributed by atoms with Gasteiger partial charge in [-0.3, -0.25) is 4.79 Å². The highest BCUT2D eigenvalue weighted by atomic mass is 19.1. The Morgan fingerprint density at radius 1 is 1.08 bits per heavy atom. The molecule has 4 nitrogen and oxygen atoms in total. The first-order valence-electron chi connectivity index (χ1n) is 8.22. The van der Waals surface area contributed by atoms with Crippen molar-refractivity contribution in [3.63, 3.8) is 0 Å². The number of carbonyl (C=O) groups excluding carboxylic acids is 2. The van der Waals surface area contributed by atoms with Gasteiger partial charge in [0.2, 0.25) is 0 Å². The molecular formula is C20H22FNO3. The predicted molar refractivity (Wildman–Crippen MR) is 93.5 cm³/mol. The molecule has 132 valence electrons. The molecule has 1 amide bonds. The van der Waals surface area contributed by atoms with E-state index in [2.05, 4.69) is 19.2 Å². The summed E-state index contributed by atoms with van der Waals surface area (Å²) in [6, 6.07) is 14.7. The second-order valence-corrected chi connectivity index (χ2v) is 6.25. The number of rotatable bonds is 7. The molecule has 0 aliphatic rings. The van der Waals surface area contributed by atoms with Crippen molar-refractivity contribution in [1.82, 2.24) is 5.32 Å². The summed E-state index contributed by atoms with van der Waals surface area (Å²) in [5.74, 6) is -1.26. The Bertz CT molecular complexity index is 716. The lowest BCUT2D eigenvalue weighted by Gasteiger charge is -2.21. The molecule has 0 heterocycles. The Hall–Kier alpha value is -2.69. The van der Waals surface area contributed by atoms with Crippen molar-refractivity contribution in [3.8, 4) is 0 Å². The van der Waals surface area contributed by atoms with Crippen molar-refractivity contribution in [2.45, 2.75) is 26.3 Å². The lowest BCUT2D eigenvalue weighted by molar-refractivity contribution is -0.125. The summed E-state index contributed by atoms with van der Waals surface area (Å²) in [7, 11) is 0. The zero-order valence-corrected chi connectivity index (χ0v) is 14.4. The van der Waals surface area contributed by atoms with E-state index in [0.29, 0.717) is 5.92 Å². The summed E-state index contributed by atoms with van der Waals surface area (Å²) in [5, 5.41) is 2.89. The topological polar surface area (TPSA) is 55.4 Å². The third kappa shape index (κ3) is 6.03. The fraction of sp³-hybridized carbons (Fsp3) is 0.300. The predicted octanol–water partition coefficient (Wildman–Crippen LogP) is 3.89. The van der Waals surface area contributed by atoms with Gasteiger partial charge in [0.15, 0.2) is 6.61 Å². The van der Waals surface area contributed by atoms with Gasteiger partial charge in [-0.25, -0.2) is 9.18 Å². The summed E-state index contributed by atoms with van der Waals surface area (Å²) < 4.78 is 18.1. The first-order chi connectivity index (χ1) is 12.0. The van der Waals surface area contributed by atoms with Crippen molar-refractivity contribution in [2.24, 2.45) is 5.92 Å². The van der Waals surface area contributed by atoms with Crippen LogP contribution in [0.1, 0.15) is 42.2 Å². The van der Waals surface area contributed by atoms with Gasteiger partial charge >= 0.3 is 5.97 Å². The molecule has 25 heavy (non-hydrogen) atoms. The monoisotopic (exact) mass is 343 g/mol. The van der Waals surface area contributed by atoms with Crippen LogP contribution >= 0.6 is 0 Å². The van der Waals surface area contributed by atoms with Crippen LogP contribution in [-0.2, 0) is 9.53 Å². The molecule has 2 aromatic rings. The number of hydrogen-bond donors (Lipinski definition) is 1. The number of benzene rings is 2. The van der Waals surface area contributed by atoms with E-state index in [0.717, 1.165) is 18.1 Å². The molecule has 0 fully saturated rings. The molecule has 2 aromatic carbocycles. The molecule has 2 rings (SSSR count). The minimum atomic E-state index is -0.727. The fourth-order valence-electron chi connectivity index (χ4n) is 2.50. The van der Waals surface area contributed by atoms with Gasteiger partial charge in [-0.1, -0.05) is 50.2 Å². The van der Waals surface area contributed by atoms with Crippen molar-refractivity contribution < 1.29 is 18.7 Å². The van der Waals surface area contributed by atoms with E-state index < -0.39 is 18.4 Å². The molecule has 1 N–H and O–H groups in total. The lowest BCUT2D eigenvalue weighted by Crippen LogP contribution is -2.33. The van der Waals surface area contributed by atoms with Crippen LogP contribution in [0.3, 0.4) is 0 Å². The van der Waals surface area contributed by atoms with Gasteiger partial charge in [0.05, 0.1) is 11.6 Å². The first kappa shape index (κ1) is 18.6. The Morgan fingerprint density at radius 3 is 2.44 bits per heavy atom. The number of hydrogen-bond acceptors (Lipinski definition) is 3. The smallest absolute Gasteiger partial charge is 0.338 e. The molecule has 0 aromatic heterocycles. The highest BCUT2D eigenvalue weighted by molar-refractivity contribution is 5.91. The van der Waals surface area contributed by atoms with Crippen molar-refractivity contribution in [3.05, 3.63) is 71.5 Å². The first-order valence-corrected chi connectivity index (χ1v) is 8.22. The number of amides is 1. The summed E-state index contributed by atoms with van der Waals surface area (Å²) >= 11 is 0. The van der Waals surface area contributed by atoms with Crippen molar-refractivity contribution in [1.29, 1.82) is 0 Å². The van der Waals surface area contributed by atoms with E-state index in [1.165, 1.54) is 18.2 Å². The van der Waals surface area contributed by atoms with Gasteiger partial charge in [0.1, 0.15) is 5.82 Å². The third-order valence-electron chi connectivity index (χ3n) is 3.64. The minimum absolute atomic E-state index is 0.0783. The zero-order valence-electron chi connectivity index (χ0n) is 14.4. The SMILES string of the molecule is CC(C)C[C@@H](NC(=O)COC(=O)c1cccc(F)c1)c1ccccc1. The van der Waals surface area contributed by atoms with Crippen LogP contribution in [0, 0.1) is 11.7 Å². The van der Waals surface area contributed by atoms with Gasteiger partial charge in [-0.05, 0) is 36.1 Å². The Morgan fingerprint density at radius 2 is 1.80 bits per heavy atom. The maximum absolute atomic E-state index is 13.1.